The molecule has 132 valence electrons. The van der Waals surface area contributed by atoms with Gasteiger partial charge in [0.25, 0.3) is 5.91 Å². The van der Waals surface area contributed by atoms with Crippen molar-refractivity contribution in [3.63, 3.8) is 0 Å². The maximum Gasteiger partial charge on any atom is 0.272 e. The van der Waals surface area contributed by atoms with Crippen LogP contribution < -0.4 is 5.32 Å². The van der Waals surface area contributed by atoms with Gasteiger partial charge in [-0.3, -0.25) is 9.69 Å². The Morgan fingerprint density at radius 2 is 1.77 bits per heavy atom. The zero-order valence-electron chi connectivity index (χ0n) is 14.2. The molecule has 0 bridgehead atoms. The minimum atomic E-state index is -0.0864. The zero-order valence-corrected chi connectivity index (χ0v) is 14.2. The number of carbonyl (C=O) groups excluding carboxylic acids is 1. The zero-order chi connectivity index (χ0) is 17.5. The van der Waals surface area contributed by atoms with E-state index in [4.69, 9.17) is 0 Å². The first-order chi connectivity index (χ1) is 12.8. The molecule has 3 heterocycles. The molecule has 2 aliphatic heterocycles. The number of nitrogens with one attached hydrogen (secondary N) is 1. The van der Waals surface area contributed by atoms with Crippen molar-refractivity contribution in [3.8, 4) is 11.3 Å². The minimum Gasteiger partial charge on any atom is -0.344 e. The van der Waals surface area contributed by atoms with Gasteiger partial charge in [-0.2, -0.15) is 0 Å². The first-order valence-electron chi connectivity index (χ1n) is 8.87. The predicted molar refractivity (Wildman–Crippen MR) is 99.6 cm³/mol. The Morgan fingerprint density at radius 1 is 1.04 bits per heavy atom. The van der Waals surface area contributed by atoms with Gasteiger partial charge in [0.1, 0.15) is 5.69 Å². The van der Waals surface area contributed by atoms with Gasteiger partial charge >= 0.3 is 0 Å². The number of aromatic nitrogens is 3. The van der Waals surface area contributed by atoms with Gasteiger partial charge in [-0.05, 0) is 5.56 Å². The number of amides is 1. The van der Waals surface area contributed by atoms with Gasteiger partial charge in [0.2, 0.25) is 0 Å². The number of hydrogen-bond donors (Lipinski definition) is 1. The Bertz CT molecular complexity index is 944. The fourth-order valence-electron chi connectivity index (χ4n) is 3.99. The highest BCUT2D eigenvalue weighted by Gasteiger charge is 2.42. The number of hydrogen-bond acceptors (Lipinski definition) is 4. The highest BCUT2D eigenvalue weighted by Crippen LogP contribution is 2.31. The third kappa shape index (κ3) is 2.50. The minimum absolute atomic E-state index is 0. The topological polar surface area (TPSA) is 63.1 Å². The molecule has 1 N–H and O–H groups in total. The molecule has 1 amide bonds. The number of likely N-dealkylation sites (tertiary alicyclic amines) is 1. The summed E-state index contributed by atoms with van der Waals surface area (Å²) in [5.41, 5.74) is 3.42. The smallest absolute Gasteiger partial charge is 0.272 e. The van der Waals surface area contributed by atoms with E-state index in [1.54, 1.807) is 0 Å². The van der Waals surface area contributed by atoms with Crippen LogP contribution in [0.3, 0.4) is 0 Å². The lowest BCUT2D eigenvalue weighted by molar-refractivity contribution is 0.0889. The van der Waals surface area contributed by atoms with Crippen molar-refractivity contribution >= 4 is 5.91 Å². The van der Waals surface area contributed by atoms with E-state index in [0.29, 0.717) is 11.4 Å². The fourth-order valence-corrected chi connectivity index (χ4v) is 3.99. The Balaban J connectivity index is 0.00000180. The Hall–Kier alpha value is -2.99. The van der Waals surface area contributed by atoms with E-state index in [-0.39, 0.29) is 19.4 Å². The van der Waals surface area contributed by atoms with Gasteiger partial charge in [-0.25, -0.2) is 4.68 Å². The van der Waals surface area contributed by atoms with Gasteiger partial charge < -0.3 is 5.32 Å². The summed E-state index contributed by atoms with van der Waals surface area (Å²) in [6.07, 6.45) is 0. The van der Waals surface area contributed by atoms with Crippen molar-refractivity contribution in [3.05, 3.63) is 71.9 Å². The molecule has 0 aliphatic carbocycles. The van der Waals surface area contributed by atoms with E-state index in [9.17, 15) is 4.79 Å². The molecule has 0 spiro atoms. The largest absolute Gasteiger partial charge is 0.344 e. The third-order valence-electron chi connectivity index (χ3n) is 5.20. The monoisotopic (exact) mass is 347 g/mol. The molecule has 0 radical (unpaired) electrons. The number of rotatable bonds is 3. The summed E-state index contributed by atoms with van der Waals surface area (Å²) in [6, 6.07) is 20.4. The molecular weight excluding hydrogens is 326 g/mol. The van der Waals surface area contributed by atoms with E-state index in [2.05, 4.69) is 44.8 Å². The van der Waals surface area contributed by atoms with Crippen molar-refractivity contribution in [2.75, 3.05) is 13.1 Å². The summed E-state index contributed by atoms with van der Waals surface area (Å²) >= 11 is 0. The molecule has 3 aromatic rings. The van der Waals surface area contributed by atoms with Crippen molar-refractivity contribution in [1.82, 2.24) is 25.2 Å². The van der Waals surface area contributed by atoms with E-state index in [1.807, 2.05) is 41.1 Å². The average Bonchev–Trinajstić information content (AvgIpc) is 3.27. The van der Waals surface area contributed by atoms with Crippen molar-refractivity contribution in [1.29, 1.82) is 0 Å². The van der Waals surface area contributed by atoms with Crippen LogP contribution in [0.5, 0.6) is 0 Å². The Morgan fingerprint density at radius 3 is 2.54 bits per heavy atom. The Kier molecular flexibility index (Phi) is 3.57. The predicted octanol–water partition coefficient (Wildman–Crippen LogP) is 2.36. The van der Waals surface area contributed by atoms with Crippen LogP contribution >= 0.6 is 0 Å². The lowest BCUT2D eigenvalue weighted by atomic mass is 10.1. The molecule has 26 heavy (non-hydrogen) atoms. The quantitative estimate of drug-likeness (QED) is 0.790. The molecular formula is C20H21N5O. The van der Waals surface area contributed by atoms with Crippen molar-refractivity contribution in [2.45, 2.75) is 18.6 Å². The van der Waals surface area contributed by atoms with Crippen molar-refractivity contribution in [2.24, 2.45) is 0 Å². The number of fused-ring (bicyclic) bond motifs is 3. The van der Waals surface area contributed by atoms with E-state index < -0.39 is 0 Å². The molecule has 6 heteroatoms. The van der Waals surface area contributed by atoms with Crippen LogP contribution in [-0.2, 0) is 6.54 Å². The van der Waals surface area contributed by atoms with Gasteiger partial charge in [0, 0.05) is 26.6 Å². The lowest BCUT2D eigenvalue weighted by Crippen LogP contribution is -2.47. The molecule has 1 saturated heterocycles. The Labute approximate surface area is 152 Å². The second-order valence-electron chi connectivity index (χ2n) is 6.92. The molecule has 0 saturated carbocycles. The first-order valence-corrected chi connectivity index (χ1v) is 8.87. The van der Waals surface area contributed by atoms with Crippen LogP contribution in [-0.4, -0.2) is 44.9 Å². The number of nitrogens with zero attached hydrogens (tertiary/aromatic N) is 4. The van der Waals surface area contributed by atoms with Crippen LogP contribution in [0.15, 0.2) is 60.7 Å². The number of benzene rings is 2. The third-order valence-corrected chi connectivity index (χ3v) is 5.20. The SMILES string of the molecule is O=C1N[C@H]2CN(Cc3ccccc3)C[C@H]2n2nnc(-c3ccccc3)c21.[HH]. The highest BCUT2D eigenvalue weighted by atomic mass is 16.2. The molecule has 2 aromatic carbocycles. The maximum atomic E-state index is 12.7. The maximum absolute atomic E-state index is 12.7. The second-order valence-corrected chi connectivity index (χ2v) is 6.92. The lowest BCUT2D eigenvalue weighted by Gasteiger charge is -2.26. The van der Waals surface area contributed by atoms with Gasteiger partial charge in [-0.1, -0.05) is 65.9 Å². The fraction of sp³-hybridized carbons (Fsp3) is 0.250. The van der Waals surface area contributed by atoms with Crippen LogP contribution in [0.4, 0.5) is 0 Å². The molecule has 5 rings (SSSR count). The van der Waals surface area contributed by atoms with Gasteiger partial charge in [-0.15, -0.1) is 5.10 Å². The van der Waals surface area contributed by atoms with Gasteiger partial charge in [0.15, 0.2) is 5.69 Å². The summed E-state index contributed by atoms with van der Waals surface area (Å²) in [7, 11) is 0. The van der Waals surface area contributed by atoms with Crippen LogP contribution in [0.2, 0.25) is 0 Å². The van der Waals surface area contributed by atoms with Crippen LogP contribution in [0, 0.1) is 0 Å². The molecule has 1 aromatic heterocycles. The summed E-state index contributed by atoms with van der Waals surface area (Å²) < 4.78 is 1.83. The average molecular weight is 347 g/mol. The second kappa shape index (κ2) is 6.07. The molecule has 1 fully saturated rings. The van der Waals surface area contributed by atoms with E-state index in [0.717, 1.165) is 25.2 Å². The summed E-state index contributed by atoms with van der Waals surface area (Å²) in [4.78, 5) is 15.1. The molecule has 2 aliphatic rings. The standard InChI is InChI=1S/C20H19N5O.H2/c26-20-19-18(15-9-5-2-6-10-15)22-23-25(19)17-13-24(12-16(17)21-20)11-14-7-3-1-4-8-14;/h1-10,16-17H,11-13H2,(H,21,26);1H/t16-,17+;/m0./s1. The number of carbonyl (C=O) groups is 1. The summed E-state index contributed by atoms with van der Waals surface area (Å²) in [5, 5.41) is 11.8. The van der Waals surface area contributed by atoms with E-state index >= 15 is 0 Å². The normalized spacial score (nSPS) is 21.9. The summed E-state index contributed by atoms with van der Waals surface area (Å²) in [6.45, 7) is 2.55. The van der Waals surface area contributed by atoms with Crippen LogP contribution in [0.1, 0.15) is 23.5 Å². The first kappa shape index (κ1) is 15.3. The summed E-state index contributed by atoms with van der Waals surface area (Å²) in [5.74, 6) is -0.0864. The van der Waals surface area contributed by atoms with Crippen LogP contribution in [0.25, 0.3) is 11.3 Å². The molecule has 6 nitrogen and oxygen atoms in total. The molecule has 2 atom stereocenters. The highest BCUT2D eigenvalue weighted by molar-refractivity contribution is 5.99. The molecule has 0 unspecified atom stereocenters. The van der Waals surface area contributed by atoms with Gasteiger partial charge in [0.05, 0.1) is 12.1 Å². The van der Waals surface area contributed by atoms with E-state index in [1.165, 1.54) is 5.56 Å². The van der Waals surface area contributed by atoms with Crippen molar-refractivity contribution < 1.29 is 6.22 Å².